The van der Waals surface area contributed by atoms with E-state index in [-0.39, 0.29) is 5.41 Å². The van der Waals surface area contributed by atoms with Gasteiger partial charge in [0.25, 0.3) is 0 Å². The molecular weight excluding hydrogens is 196 g/mol. The van der Waals surface area contributed by atoms with Crippen molar-refractivity contribution in [3.63, 3.8) is 0 Å². The van der Waals surface area contributed by atoms with Crippen LogP contribution in [0.25, 0.3) is 0 Å². The van der Waals surface area contributed by atoms with Gasteiger partial charge in [0.2, 0.25) is 0 Å². The van der Waals surface area contributed by atoms with Crippen molar-refractivity contribution in [3.05, 3.63) is 0 Å². The van der Waals surface area contributed by atoms with Crippen molar-refractivity contribution in [2.24, 2.45) is 39.9 Å². The molecule has 5 fully saturated rings. The normalized spacial score (nSPS) is 64.2. The van der Waals surface area contributed by atoms with E-state index in [1.807, 2.05) is 0 Å². The van der Waals surface area contributed by atoms with E-state index in [9.17, 15) is 4.79 Å². The van der Waals surface area contributed by atoms with Crippen molar-refractivity contribution in [2.45, 2.75) is 46.5 Å². The molecule has 6 unspecified atom stereocenters. The molecule has 5 aliphatic rings. The van der Waals surface area contributed by atoms with Gasteiger partial charge in [-0.2, -0.15) is 0 Å². The maximum atomic E-state index is 11.7. The number of hydrogen-bond donors (Lipinski definition) is 0. The minimum absolute atomic E-state index is 0.139. The molecule has 0 aromatic carbocycles. The maximum absolute atomic E-state index is 11.7. The number of carbonyl (C=O) groups is 1. The first-order chi connectivity index (χ1) is 7.49. The number of rotatable bonds is 1. The Morgan fingerprint density at radius 2 is 1.81 bits per heavy atom. The third-order valence-corrected chi connectivity index (χ3v) is 7.24. The minimum atomic E-state index is 0.139. The Labute approximate surface area is 98.0 Å². The molecule has 5 rings (SSSR count). The molecule has 6 bridgehead atoms. The number of hydrogen-bond acceptors (Lipinski definition) is 1. The van der Waals surface area contributed by atoms with E-state index in [4.69, 9.17) is 0 Å². The molecule has 0 aliphatic heterocycles. The zero-order valence-corrected chi connectivity index (χ0v) is 10.6. The van der Waals surface area contributed by atoms with E-state index < -0.39 is 0 Å². The van der Waals surface area contributed by atoms with Gasteiger partial charge in [-0.15, -0.1) is 0 Å². The number of carbonyl (C=O) groups excluding carboxylic acids is 1. The molecule has 1 heteroatoms. The van der Waals surface area contributed by atoms with E-state index in [0.717, 1.165) is 23.7 Å². The Balaban J connectivity index is 1.91. The predicted octanol–water partition coefficient (Wildman–Crippen LogP) is 3.28. The van der Waals surface area contributed by atoms with Crippen molar-refractivity contribution in [1.29, 1.82) is 0 Å². The first kappa shape index (κ1) is 9.67. The molecule has 0 saturated heterocycles. The lowest BCUT2D eigenvalue weighted by Crippen LogP contribution is -2.31. The molecule has 16 heavy (non-hydrogen) atoms. The monoisotopic (exact) mass is 218 g/mol. The average Bonchev–Trinajstić information content (AvgIpc) is 2.52. The molecule has 0 radical (unpaired) electrons. The van der Waals surface area contributed by atoms with Gasteiger partial charge < -0.3 is 4.79 Å². The van der Waals surface area contributed by atoms with Crippen LogP contribution in [0.2, 0.25) is 0 Å². The lowest BCUT2D eigenvalue weighted by Gasteiger charge is -2.35. The van der Waals surface area contributed by atoms with Crippen molar-refractivity contribution >= 4 is 6.29 Å². The van der Waals surface area contributed by atoms with Crippen LogP contribution in [-0.4, -0.2) is 6.29 Å². The van der Waals surface area contributed by atoms with Gasteiger partial charge >= 0.3 is 0 Å². The van der Waals surface area contributed by atoms with Crippen molar-refractivity contribution < 1.29 is 4.79 Å². The van der Waals surface area contributed by atoms with Crippen molar-refractivity contribution in [2.75, 3.05) is 0 Å². The fourth-order valence-corrected chi connectivity index (χ4v) is 6.66. The standard InChI is InChI=1S/C15H22O/c1-13(2)5-4-6-14(3)9-7-10-12(11(9)13)15(10,14)8-16/h8-12H,4-7H2,1-3H3. The lowest BCUT2D eigenvalue weighted by atomic mass is 9.69. The fraction of sp³-hybridized carbons (Fsp3) is 0.933. The van der Waals surface area contributed by atoms with Gasteiger partial charge in [0.15, 0.2) is 0 Å². The van der Waals surface area contributed by atoms with Crippen molar-refractivity contribution in [3.8, 4) is 0 Å². The van der Waals surface area contributed by atoms with Gasteiger partial charge in [0, 0.05) is 5.41 Å². The van der Waals surface area contributed by atoms with Gasteiger partial charge in [-0.25, -0.2) is 0 Å². The summed E-state index contributed by atoms with van der Waals surface area (Å²) < 4.78 is 0. The van der Waals surface area contributed by atoms with Gasteiger partial charge in [-0.3, -0.25) is 0 Å². The SMILES string of the molecule is CC1(C)CCCC2(C)C3CC4C(C31)C42C=O. The highest BCUT2D eigenvalue weighted by Gasteiger charge is 2.88. The highest BCUT2D eigenvalue weighted by Crippen LogP contribution is 2.91. The zero-order chi connectivity index (χ0) is 11.3. The van der Waals surface area contributed by atoms with Gasteiger partial charge in [-0.1, -0.05) is 27.2 Å². The third-order valence-electron chi connectivity index (χ3n) is 7.24. The molecule has 0 aromatic rings. The molecule has 6 atom stereocenters. The summed E-state index contributed by atoms with van der Waals surface area (Å²) in [5.74, 6) is 3.28. The molecule has 0 amide bonds. The molecule has 5 saturated carbocycles. The molecule has 0 spiro atoms. The van der Waals surface area contributed by atoms with E-state index in [0.29, 0.717) is 10.8 Å². The first-order valence-electron chi connectivity index (χ1n) is 6.95. The van der Waals surface area contributed by atoms with Crippen LogP contribution in [0.1, 0.15) is 46.5 Å². The maximum Gasteiger partial charge on any atom is 0.127 e. The van der Waals surface area contributed by atoms with Crippen LogP contribution < -0.4 is 0 Å². The predicted molar refractivity (Wildman–Crippen MR) is 62.8 cm³/mol. The van der Waals surface area contributed by atoms with Crippen LogP contribution >= 0.6 is 0 Å². The zero-order valence-electron chi connectivity index (χ0n) is 10.6. The average molecular weight is 218 g/mol. The highest BCUT2D eigenvalue weighted by atomic mass is 16.1. The summed E-state index contributed by atoms with van der Waals surface area (Å²) in [5, 5.41) is 0. The second kappa shape index (κ2) is 2.28. The largest absolute Gasteiger partial charge is 0.303 e. The van der Waals surface area contributed by atoms with Crippen LogP contribution in [0.3, 0.4) is 0 Å². The third kappa shape index (κ3) is 0.660. The van der Waals surface area contributed by atoms with Gasteiger partial charge in [-0.05, 0) is 53.8 Å². The van der Waals surface area contributed by atoms with Gasteiger partial charge in [0.1, 0.15) is 6.29 Å². The van der Waals surface area contributed by atoms with Crippen LogP contribution in [-0.2, 0) is 4.79 Å². The molecule has 0 aromatic heterocycles. The summed E-state index contributed by atoms with van der Waals surface area (Å²) in [6, 6.07) is 0. The Kier molecular flexibility index (Phi) is 1.38. The van der Waals surface area contributed by atoms with Crippen LogP contribution in [0, 0.1) is 39.9 Å². The molecule has 0 heterocycles. The molecule has 88 valence electrons. The lowest BCUT2D eigenvalue weighted by molar-refractivity contribution is -0.116. The minimum Gasteiger partial charge on any atom is -0.303 e. The molecule has 0 N–H and O–H groups in total. The van der Waals surface area contributed by atoms with E-state index >= 15 is 0 Å². The Morgan fingerprint density at radius 3 is 2.50 bits per heavy atom. The summed E-state index contributed by atoms with van der Waals surface area (Å²) in [4.78, 5) is 11.7. The summed E-state index contributed by atoms with van der Waals surface area (Å²) in [5.41, 5.74) is 1.01. The Morgan fingerprint density at radius 1 is 1.06 bits per heavy atom. The Hall–Kier alpha value is -0.330. The first-order valence-corrected chi connectivity index (χ1v) is 6.95. The molecular formula is C15H22O. The topological polar surface area (TPSA) is 17.1 Å². The van der Waals surface area contributed by atoms with Crippen LogP contribution in [0.5, 0.6) is 0 Å². The van der Waals surface area contributed by atoms with Crippen LogP contribution in [0.4, 0.5) is 0 Å². The summed E-state index contributed by atoms with van der Waals surface area (Å²) >= 11 is 0. The molecule has 1 nitrogen and oxygen atoms in total. The van der Waals surface area contributed by atoms with E-state index in [1.54, 1.807) is 0 Å². The van der Waals surface area contributed by atoms with E-state index in [2.05, 4.69) is 20.8 Å². The highest BCUT2D eigenvalue weighted by molar-refractivity contribution is 5.72. The van der Waals surface area contributed by atoms with Crippen molar-refractivity contribution in [1.82, 2.24) is 0 Å². The van der Waals surface area contributed by atoms with Crippen LogP contribution in [0.15, 0.2) is 0 Å². The second-order valence-corrected chi connectivity index (χ2v) is 7.81. The molecule has 5 aliphatic carbocycles. The quantitative estimate of drug-likeness (QED) is 0.617. The summed E-state index contributed by atoms with van der Waals surface area (Å²) in [7, 11) is 0. The fourth-order valence-electron chi connectivity index (χ4n) is 6.66. The second-order valence-electron chi connectivity index (χ2n) is 7.81. The Bertz CT molecular complexity index is 385. The smallest absolute Gasteiger partial charge is 0.127 e. The van der Waals surface area contributed by atoms with Gasteiger partial charge in [0.05, 0.1) is 0 Å². The van der Waals surface area contributed by atoms with E-state index in [1.165, 1.54) is 32.0 Å². The summed E-state index contributed by atoms with van der Waals surface area (Å²) in [6.07, 6.45) is 6.77. The summed E-state index contributed by atoms with van der Waals surface area (Å²) in [6.45, 7) is 7.35. The number of aldehydes is 1.